The van der Waals surface area contributed by atoms with E-state index in [0.29, 0.717) is 0 Å². The van der Waals surface area contributed by atoms with Crippen molar-refractivity contribution in [1.29, 1.82) is 0 Å². The summed E-state index contributed by atoms with van der Waals surface area (Å²) in [5.74, 6) is -1.64. The van der Waals surface area contributed by atoms with Crippen LogP contribution >= 0.6 is 0 Å². The fourth-order valence-corrected chi connectivity index (χ4v) is 1.16. The highest BCUT2D eigenvalue weighted by molar-refractivity contribution is 4.83. The average molecular weight is 178 g/mol. The molecule has 0 amide bonds. The lowest BCUT2D eigenvalue weighted by molar-refractivity contribution is -0.358. The van der Waals surface area contributed by atoms with Crippen LogP contribution in [0.25, 0.3) is 0 Å². The molecular formula is C7H14O5. The number of hydrogen-bond donors (Lipinski definition) is 3. The van der Waals surface area contributed by atoms with Gasteiger partial charge < -0.3 is 24.8 Å². The van der Waals surface area contributed by atoms with E-state index < -0.39 is 24.3 Å². The molecule has 0 bridgehead atoms. The van der Waals surface area contributed by atoms with Crippen LogP contribution in [0.5, 0.6) is 0 Å². The minimum Gasteiger partial charge on any atom is -0.388 e. The Balaban J connectivity index is 2.63. The van der Waals surface area contributed by atoms with Crippen LogP contribution < -0.4 is 0 Å². The third-order valence-electron chi connectivity index (χ3n) is 1.98. The van der Waals surface area contributed by atoms with Crippen molar-refractivity contribution in [3.05, 3.63) is 0 Å². The van der Waals surface area contributed by atoms with Crippen LogP contribution in [0.4, 0.5) is 0 Å². The molecule has 1 heterocycles. The maximum Gasteiger partial charge on any atom is 0.192 e. The number of rotatable bonds is 1. The molecular weight excluding hydrogens is 164 g/mol. The fraction of sp³-hybridized carbons (Fsp3) is 1.00. The summed E-state index contributed by atoms with van der Waals surface area (Å²) in [6, 6.07) is 0. The summed E-state index contributed by atoms with van der Waals surface area (Å²) in [7, 11) is 1.36. The molecule has 0 aliphatic carbocycles. The highest BCUT2D eigenvalue weighted by Gasteiger charge is 2.43. The molecule has 0 saturated carbocycles. The molecule has 4 atom stereocenters. The van der Waals surface area contributed by atoms with E-state index in [9.17, 15) is 15.3 Å². The maximum atomic E-state index is 9.40. The molecule has 1 saturated heterocycles. The largest absolute Gasteiger partial charge is 0.388 e. The highest BCUT2D eigenvalue weighted by atomic mass is 16.7. The van der Waals surface area contributed by atoms with E-state index in [1.807, 2.05) is 0 Å². The van der Waals surface area contributed by atoms with Crippen LogP contribution in [-0.2, 0) is 9.47 Å². The Kier molecular flexibility index (Phi) is 2.70. The summed E-state index contributed by atoms with van der Waals surface area (Å²) in [6.07, 6.45) is -2.81. The second kappa shape index (κ2) is 3.27. The monoisotopic (exact) mass is 178 g/mol. The molecule has 5 nitrogen and oxygen atoms in total. The van der Waals surface area contributed by atoms with Gasteiger partial charge in [-0.15, -0.1) is 0 Å². The molecule has 3 N–H and O–H groups in total. The summed E-state index contributed by atoms with van der Waals surface area (Å²) in [4.78, 5) is 0. The highest BCUT2D eigenvalue weighted by Crippen LogP contribution is 2.27. The SMILES string of the molecule is CO[C@H]1OC(C)(O)[C@@H](O)CC1O. The number of hydrogen-bond acceptors (Lipinski definition) is 5. The molecule has 72 valence electrons. The van der Waals surface area contributed by atoms with Crippen molar-refractivity contribution in [2.45, 2.75) is 37.6 Å². The molecule has 1 aliphatic heterocycles. The molecule has 0 aromatic heterocycles. The minimum atomic E-state index is -1.64. The third kappa shape index (κ3) is 1.75. The predicted octanol–water partition coefficient (Wildman–Crippen LogP) is -1.19. The molecule has 1 aliphatic rings. The molecule has 0 aromatic carbocycles. The van der Waals surface area contributed by atoms with Gasteiger partial charge in [-0.3, -0.25) is 0 Å². The molecule has 2 unspecified atom stereocenters. The van der Waals surface area contributed by atoms with E-state index in [0.717, 1.165) is 0 Å². The van der Waals surface area contributed by atoms with Gasteiger partial charge in [-0.25, -0.2) is 0 Å². The lowest BCUT2D eigenvalue weighted by Crippen LogP contribution is -2.55. The number of aliphatic hydroxyl groups excluding tert-OH is 2. The maximum absolute atomic E-state index is 9.40. The lowest BCUT2D eigenvalue weighted by atomic mass is 10.0. The average Bonchev–Trinajstić information content (AvgIpc) is 1.97. The Hall–Kier alpha value is -0.200. The Bertz CT molecular complexity index is 158. The molecule has 12 heavy (non-hydrogen) atoms. The van der Waals surface area contributed by atoms with Crippen molar-refractivity contribution in [3.63, 3.8) is 0 Å². The Labute approximate surface area is 70.5 Å². The number of methoxy groups -OCH3 is 1. The summed E-state index contributed by atoms with van der Waals surface area (Å²) in [5, 5.41) is 27.9. The second-order valence-corrected chi connectivity index (χ2v) is 3.10. The predicted molar refractivity (Wildman–Crippen MR) is 39.1 cm³/mol. The number of ether oxygens (including phenoxy) is 2. The van der Waals surface area contributed by atoms with E-state index in [1.165, 1.54) is 14.0 Å². The Morgan fingerprint density at radius 1 is 1.50 bits per heavy atom. The first-order valence-electron chi connectivity index (χ1n) is 3.76. The van der Waals surface area contributed by atoms with Gasteiger partial charge in [0.15, 0.2) is 12.1 Å². The van der Waals surface area contributed by atoms with Crippen LogP contribution in [0.3, 0.4) is 0 Å². The van der Waals surface area contributed by atoms with Gasteiger partial charge in [0.25, 0.3) is 0 Å². The quantitative estimate of drug-likeness (QED) is 0.470. The van der Waals surface area contributed by atoms with Crippen LogP contribution in [0.2, 0.25) is 0 Å². The van der Waals surface area contributed by atoms with E-state index in [4.69, 9.17) is 9.47 Å². The van der Waals surface area contributed by atoms with E-state index in [-0.39, 0.29) is 6.42 Å². The molecule has 1 fully saturated rings. The molecule has 1 rings (SSSR count). The summed E-state index contributed by atoms with van der Waals surface area (Å²) in [6.45, 7) is 1.33. The summed E-state index contributed by atoms with van der Waals surface area (Å²) in [5.41, 5.74) is 0. The first-order chi connectivity index (χ1) is 5.47. The molecule has 5 heteroatoms. The first-order valence-corrected chi connectivity index (χ1v) is 3.76. The summed E-state index contributed by atoms with van der Waals surface area (Å²) < 4.78 is 9.62. The lowest BCUT2D eigenvalue weighted by Gasteiger charge is -2.40. The van der Waals surface area contributed by atoms with Crippen molar-refractivity contribution in [2.24, 2.45) is 0 Å². The van der Waals surface area contributed by atoms with Gasteiger partial charge in [0.1, 0.15) is 12.2 Å². The van der Waals surface area contributed by atoms with E-state index >= 15 is 0 Å². The first kappa shape index (κ1) is 9.88. The Morgan fingerprint density at radius 2 is 2.08 bits per heavy atom. The summed E-state index contributed by atoms with van der Waals surface area (Å²) >= 11 is 0. The van der Waals surface area contributed by atoms with Gasteiger partial charge >= 0.3 is 0 Å². The minimum absolute atomic E-state index is 0.0471. The van der Waals surface area contributed by atoms with Gasteiger partial charge in [-0.2, -0.15) is 0 Å². The van der Waals surface area contributed by atoms with Gasteiger partial charge in [-0.05, 0) is 6.92 Å². The van der Waals surface area contributed by atoms with Crippen LogP contribution in [-0.4, -0.2) is 46.7 Å². The van der Waals surface area contributed by atoms with Crippen molar-refractivity contribution in [3.8, 4) is 0 Å². The zero-order chi connectivity index (χ0) is 9.35. The molecule has 0 spiro atoms. The van der Waals surface area contributed by atoms with Gasteiger partial charge in [0, 0.05) is 13.5 Å². The molecule has 0 radical (unpaired) electrons. The Morgan fingerprint density at radius 3 is 2.58 bits per heavy atom. The zero-order valence-corrected chi connectivity index (χ0v) is 7.10. The number of aliphatic hydroxyl groups is 3. The smallest absolute Gasteiger partial charge is 0.192 e. The molecule has 0 aromatic rings. The van der Waals surface area contributed by atoms with Crippen LogP contribution in [0, 0.1) is 0 Å². The zero-order valence-electron chi connectivity index (χ0n) is 7.10. The normalized spacial score (nSPS) is 49.2. The van der Waals surface area contributed by atoms with Gasteiger partial charge in [-0.1, -0.05) is 0 Å². The third-order valence-corrected chi connectivity index (χ3v) is 1.98. The van der Waals surface area contributed by atoms with Crippen molar-refractivity contribution < 1.29 is 24.8 Å². The second-order valence-electron chi connectivity index (χ2n) is 3.10. The fourth-order valence-electron chi connectivity index (χ4n) is 1.16. The van der Waals surface area contributed by atoms with E-state index in [1.54, 1.807) is 0 Å². The standard InChI is InChI=1S/C7H14O5/c1-7(10)5(9)3-4(8)6(11-2)12-7/h4-6,8-10H,3H2,1-2H3/t4?,5-,6-,7?/m0/s1. The van der Waals surface area contributed by atoms with Crippen molar-refractivity contribution >= 4 is 0 Å². The topological polar surface area (TPSA) is 79.2 Å². The van der Waals surface area contributed by atoms with Crippen LogP contribution in [0.1, 0.15) is 13.3 Å². The van der Waals surface area contributed by atoms with Gasteiger partial charge in [0.05, 0.1) is 0 Å². The van der Waals surface area contributed by atoms with Crippen LogP contribution in [0.15, 0.2) is 0 Å². The van der Waals surface area contributed by atoms with Crippen molar-refractivity contribution in [2.75, 3.05) is 7.11 Å². The van der Waals surface area contributed by atoms with Gasteiger partial charge in [0.2, 0.25) is 0 Å². The van der Waals surface area contributed by atoms with E-state index in [2.05, 4.69) is 0 Å². The van der Waals surface area contributed by atoms with Crippen molar-refractivity contribution in [1.82, 2.24) is 0 Å².